The molecule has 0 unspecified atom stereocenters. The smallest absolute Gasteiger partial charge is 0.320 e. The molecule has 0 bridgehead atoms. The van der Waals surface area contributed by atoms with Gasteiger partial charge in [0.15, 0.2) is 0 Å². The molecule has 0 atom stereocenters. The summed E-state index contributed by atoms with van der Waals surface area (Å²) in [5.41, 5.74) is 0. The Balaban J connectivity index is 3.17. The van der Waals surface area contributed by atoms with Crippen LogP contribution < -0.4 is 0 Å². The van der Waals surface area contributed by atoms with E-state index in [9.17, 15) is 4.79 Å². The van der Waals surface area contributed by atoms with Gasteiger partial charge in [0.25, 0.3) is 0 Å². The molecule has 0 fully saturated rings. The first-order valence-electron chi connectivity index (χ1n) is 9.32. The van der Waals surface area contributed by atoms with Gasteiger partial charge < -0.3 is 4.74 Å². The van der Waals surface area contributed by atoms with Gasteiger partial charge in [-0.1, -0.05) is 69.8 Å². The third kappa shape index (κ3) is 19.2. The average molecular weight is 343 g/mol. The summed E-state index contributed by atoms with van der Waals surface area (Å²) in [6.45, 7) is 2.76. The van der Waals surface area contributed by atoms with Crippen LogP contribution in [0.2, 0.25) is 0 Å². The topological polar surface area (TPSA) is 26.3 Å². The van der Waals surface area contributed by atoms with Gasteiger partial charge in [0.2, 0.25) is 0 Å². The van der Waals surface area contributed by atoms with E-state index in [1.807, 2.05) is 0 Å². The number of hydrogen-bond donors (Lipinski definition) is 0. The number of carbonyl (C=O) groups is 1. The van der Waals surface area contributed by atoms with Gasteiger partial charge in [-0.05, 0) is 38.5 Å². The normalized spacial score (nSPS) is 11.6. The number of unbranched alkanes of at least 4 members (excludes halogenated alkanes) is 9. The number of rotatable bonds is 16. The van der Waals surface area contributed by atoms with E-state index in [-0.39, 0.29) is 11.8 Å². The maximum absolute atomic E-state index is 10.8. The number of ether oxygens (including phenoxy) is 1. The number of hydrogen-bond acceptors (Lipinski definition) is 2. The van der Waals surface area contributed by atoms with Gasteiger partial charge in [-0.25, -0.2) is 0 Å². The van der Waals surface area contributed by atoms with Crippen molar-refractivity contribution in [2.45, 2.75) is 84.0 Å². The molecule has 0 saturated carbocycles. The highest BCUT2D eigenvalue weighted by Crippen LogP contribution is 2.08. The third-order valence-corrected chi connectivity index (χ3v) is 3.94. The van der Waals surface area contributed by atoms with Gasteiger partial charge in [-0.2, -0.15) is 0 Å². The van der Waals surface area contributed by atoms with Gasteiger partial charge in [0.05, 0.1) is 6.61 Å². The fourth-order valence-electron chi connectivity index (χ4n) is 2.31. The molecular weight excluding hydrogens is 308 g/mol. The van der Waals surface area contributed by atoms with E-state index in [1.165, 1.54) is 57.8 Å². The SMILES string of the molecule is CCCCC/C=C\C/C=C\CCCCCCCCOC(=O)CCl. The van der Waals surface area contributed by atoms with Gasteiger partial charge in [0.1, 0.15) is 5.88 Å². The molecule has 2 nitrogen and oxygen atoms in total. The van der Waals surface area contributed by atoms with E-state index in [0.717, 1.165) is 19.3 Å². The van der Waals surface area contributed by atoms with Crippen molar-refractivity contribution in [2.24, 2.45) is 0 Å². The van der Waals surface area contributed by atoms with Crippen molar-refractivity contribution in [1.29, 1.82) is 0 Å². The second-order valence-electron chi connectivity index (χ2n) is 5.94. The van der Waals surface area contributed by atoms with Gasteiger partial charge in [0, 0.05) is 0 Å². The highest BCUT2D eigenvalue weighted by atomic mass is 35.5. The lowest BCUT2D eigenvalue weighted by atomic mass is 10.1. The second-order valence-corrected chi connectivity index (χ2v) is 6.21. The number of halogens is 1. The number of esters is 1. The fourth-order valence-corrected chi connectivity index (χ4v) is 2.39. The molecule has 0 aromatic rings. The summed E-state index contributed by atoms with van der Waals surface area (Å²) in [5, 5.41) is 0. The lowest BCUT2D eigenvalue weighted by Gasteiger charge is -2.02. The molecule has 0 N–H and O–H groups in total. The van der Waals surface area contributed by atoms with Crippen LogP contribution in [0.25, 0.3) is 0 Å². The van der Waals surface area contributed by atoms with Crippen molar-refractivity contribution >= 4 is 17.6 Å². The van der Waals surface area contributed by atoms with Crippen LogP contribution in [0.4, 0.5) is 0 Å². The standard InChI is InChI=1S/C20H35ClO2/c1-2-3-4-5-6-7-8-9-10-11-12-13-14-15-16-17-18-23-20(22)19-21/h6-7,9-10H,2-5,8,11-19H2,1H3/b7-6-,10-9-. The third-order valence-electron chi connectivity index (χ3n) is 3.72. The fraction of sp³-hybridized carbons (Fsp3) is 0.750. The Morgan fingerprint density at radius 2 is 1.39 bits per heavy atom. The molecule has 0 aliphatic rings. The first-order chi connectivity index (χ1) is 11.3. The van der Waals surface area contributed by atoms with Crippen molar-refractivity contribution in [2.75, 3.05) is 12.5 Å². The van der Waals surface area contributed by atoms with Crippen molar-refractivity contribution in [1.82, 2.24) is 0 Å². The Labute approximate surface area is 148 Å². The summed E-state index contributed by atoms with van der Waals surface area (Å²) < 4.78 is 4.92. The molecular formula is C20H35ClO2. The van der Waals surface area contributed by atoms with Crippen molar-refractivity contribution in [3.05, 3.63) is 24.3 Å². The zero-order valence-corrected chi connectivity index (χ0v) is 15.7. The van der Waals surface area contributed by atoms with Gasteiger partial charge >= 0.3 is 5.97 Å². The first-order valence-corrected chi connectivity index (χ1v) is 9.86. The maximum Gasteiger partial charge on any atom is 0.320 e. The average Bonchev–Trinajstić information content (AvgIpc) is 2.57. The van der Waals surface area contributed by atoms with Crippen LogP contribution in [0.1, 0.15) is 84.0 Å². The van der Waals surface area contributed by atoms with Crippen LogP contribution >= 0.6 is 11.6 Å². The molecule has 134 valence electrons. The summed E-state index contributed by atoms with van der Waals surface area (Å²) >= 11 is 5.34. The monoisotopic (exact) mass is 342 g/mol. The minimum absolute atomic E-state index is 0.0395. The van der Waals surface area contributed by atoms with Crippen LogP contribution in [-0.2, 0) is 9.53 Å². The Morgan fingerprint density at radius 1 is 0.826 bits per heavy atom. The zero-order valence-electron chi connectivity index (χ0n) is 14.9. The molecule has 23 heavy (non-hydrogen) atoms. The van der Waals surface area contributed by atoms with Crippen LogP contribution in [-0.4, -0.2) is 18.5 Å². The number of alkyl halides is 1. The molecule has 3 heteroatoms. The number of allylic oxidation sites excluding steroid dienone is 4. The van der Waals surface area contributed by atoms with Crippen LogP contribution in [0, 0.1) is 0 Å². The summed E-state index contributed by atoms with van der Waals surface area (Å²) in [4.78, 5) is 10.8. The maximum atomic E-state index is 10.8. The van der Waals surface area contributed by atoms with E-state index < -0.39 is 0 Å². The van der Waals surface area contributed by atoms with Crippen LogP contribution in [0.5, 0.6) is 0 Å². The van der Waals surface area contributed by atoms with Crippen molar-refractivity contribution < 1.29 is 9.53 Å². The highest BCUT2D eigenvalue weighted by molar-refractivity contribution is 6.26. The predicted molar refractivity (Wildman–Crippen MR) is 101 cm³/mol. The molecule has 0 radical (unpaired) electrons. The Kier molecular flexibility index (Phi) is 18.6. The first kappa shape index (κ1) is 22.2. The Hall–Kier alpha value is -0.760. The Morgan fingerprint density at radius 3 is 2.00 bits per heavy atom. The van der Waals surface area contributed by atoms with E-state index in [1.54, 1.807) is 0 Å². The predicted octanol–water partition coefficient (Wildman–Crippen LogP) is 6.58. The Bertz CT molecular complexity index is 311. The molecule has 0 aromatic heterocycles. The lowest BCUT2D eigenvalue weighted by Crippen LogP contribution is -2.06. The van der Waals surface area contributed by atoms with Crippen LogP contribution in [0.3, 0.4) is 0 Å². The van der Waals surface area contributed by atoms with Gasteiger partial charge in [-0.15, -0.1) is 11.6 Å². The van der Waals surface area contributed by atoms with E-state index in [0.29, 0.717) is 6.61 Å². The largest absolute Gasteiger partial charge is 0.465 e. The molecule has 0 aromatic carbocycles. The highest BCUT2D eigenvalue weighted by Gasteiger charge is 1.98. The number of carbonyl (C=O) groups excluding carboxylic acids is 1. The lowest BCUT2D eigenvalue weighted by molar-refractivity contribution is -0.140. The van der Waals surface area contributed by atoms with Crippen molar-refractivity contribution in [3.63, 3.8) is 0 Å². The molecule has 0 amide bonds. The van der Waals surface area contributed by atoms with E-state index in [2.05, 4.69) is 31.2 Å². The molecule has 0 heterocycles. The van der Waals surface area contributed by atoms with E-state index >= 15 is 0 Å². The minimum atomic E-state index is -0.311. The summed E-state index contributed by atoms with van der Waals surface area (Å²) in [6, 6.07) is 0. The van der Waals surface area contributed by atoms with Crippen molar-refractivity contribution in [3.8, 4) is 0 Å². The summed E-state index contributed by atoms with van der Waals surface area (Å²) in [6.07, 6.45) is 23.8. The van der Waals surface area contributed by atoms with E-state index in [4.69, 9.17) is 16.3 Å². The molecule has 0 rings (SSSR count). The van der Waals surface area contributed by atoms with Gasteiger partial charge in [-0.3, -0.25) is 4.79 Å². The minimum Gasteiger partial charge on any atom is -0.465 e. The molecule has 0 aliphatic carbocycles. The van der Waals surface area contributed by atoms with Crippen LogP contribution in [0.15, 0.2) is 24.3 Å². The second kappa shape index (κ2) is 19.3. The zero-order chi connectivity index (χ0) is 17.0. The summed E-state index contributed by atoms with van der Waals surface area (Å²) in [5.74, 6) is -0.350. The summed E-state index contributed by atoms with van der Waals surface area (Å²) in [7, 11) is 0. The quantitative estimate of drug-likeness (QED) is 0.137. The molecule has 0 aliphatic heterocycles. The molecule has 0 saturated heterocycles. The molecule has 0 spiro atoms.